The molecule has 0 saturated heterocycles. The van der Waals surface area contributed by atoms with Crippen molar-refractivity contribution in [3.05, 3.63) is 51.7 Å². The molecule has 0 atom stereocenters. The first-order chi connectivity index (χ1) is 12.5. The highest BCUT2D eigenvalue weighted by molar-refractivity contribution is 5.76. The fourth-order valence-electron chi connectivity index (χ4n) is 2.70. The van der Waals surface area contributed by atoms with E-state index in [9.17, 15) is 19.1 Å². The van der Waals surface area contributed by atoms with Gasteiger partial charge in [0.05, 0.1) is 0 Å². The van der Waals surface area contributed by atoms with Gasteiger partial charge >= 0.3 is 0 Å². The molecule has 0 spiro atoms. The van der Waals surface area contributed by atoms with Crippen LogP contribution in [0.3, 0.4) is 0 Å². The Labute approximate surface area is 151 Å². The number of amides is 1. The molecule has 0 aliphatic carbocycles. The highest BCUT2D eigenvalue weighted by Crippen LogP contribution is 2.18. The van der Waals surface area contributed by atoms with Crippen molar-refractivity contribution in [3.63, 3.8) is 0 Å². The maximum absolute atomic E-state index is 13.6. The second kappa shape index (κ2) is 9.24. The largest absolute Gasteiger partial charge is 0.396 e. The zero-order chi connectivity index (χ0) is 19.1. The van der Waals surface area contributed by atoms with Crippen LogP contribution in [-0.4, -0.2) is 33.7 Å². The molecule has 1 amide bonds. The van der Waals surface area contributed by atoms with E-state index in [1.54, 1.807) is 13.0 Å². The number of carbonyl (C=O) groups is 1. The fourth-order valence-corrected chi connectivity index (χ4v) is 2.70. The second-order valence-electron chi connectivity index (χ2n) is 6.08. The van der Waals surface area contributed by atoms with Gasteiger partial charge in [0.2, 0.25) is 5.91 Å². The van der Waals surface area contributed by atoms with Gasteiger partial charge in [-0.3, -0.25) is 14.2 Å². The van der Waals surface area contributed by atoms with Crippen LogP contribution in [0.1, 0.15) is 31.0 Å². The van der Waals surface area contributed by atoms with Gasteiger partial charge in [0.1, 0.15) is 18.2 Å². The van der Waals surface area contributed by atoms with Gasteiger partial charge in [-0.1, -0.05) is 25.5 Å². The molecule has 26 heavy (non-hydrogen) atoms. The summed E-state index contributed by atoms with van der Waals surface area (Å²) in [7, 11) is 0. The van der Waals surface area contributed by atoms with Gasteiger partial charge in [0.15, 0.2) is 0 Å². The third-order valence-electron chi connectivity index (χ3n) is 4.07. The zero-order valence-electron chi connectivity index (χ0n) is 15.1. The number of rotatable bonds is 8. The van der Waals surface area contributed by atoms with Crippen molar-refractivity contribution in [1.82, 2.24) is 14.9 Å². The molecule has 7 heteroatoms. The molecule has 0 saturated carbocycles. The van der Waals surface area contributed by atoms with Crippen LogP contribution in [0.5, 0.6) is 0 Å². The highest BCUT2D eigenvalue weighted by atomic mass is 19.1. The van der Waals surface area contributed by atoms with Gasteiger partial charge in [0.25, 0.3) is 5.56 Å². The van der Waals surface area contributed by atoms with Crippen molar-refractivity contribution < 1.29 is 14.3 Å². The first kappa shape index (κ1) is 19.8. The maximum Gasteiger partial charge on any atom is 0.257 e. The summed E-state index contributed by atoms with van der Waals surface area (Å²) in [4.78, 5) is 29.5. The number of halogens is 1. The van der Waals surface area contributed by atoms with Gasteiger partial charge in [-0.25, -0.2) is 9.37 Å². The van der Waals surface area contributed by atoms with E-state index < -0.39 is 11.4 Å². The molecule has 0 unspecified atom stereocenters. The highest BCUT2D eigenvalue weighted by Gasteiger charge is 2.17. The van der Waals surface area contributed by atoms with E-state index in [0.29, 0.717) is 23.4 Å². The summed E-state index contributed by atoms with van der Waals surface area (Å²) in [5.41, 5.74) is 0.846. The molecular formula is C19H24FN3O3. The minimum Gasteiger partial charge on any atom is -0.396 e. The minimum absolute atomic E-state index is 0.151. The molecular weight excluding hydrogens is 337 g/mol. The standard InChI is InChI=1S/C19H24FN3O3/c1-3-4-9-21-17(25)12-23-18(14-6-5-7-15(20)11-14)22-13(2)16(8-10-24)19(23)26/h5-7,11,24H,3-4,8-10,12H2,1-2H3,(H,21,25). The first-order valence-electron chi connectivity index (χ1n) is 8.71. The monoisotopic (exact) mass is 361 g/mol. The number of nitrogens with zero attached hydrogens (tertiary/aromatic N) is 2. The van der Waals surface area contributed by atoms with Gasteiger partial charge in [-0.2, -0.15) is 0 Å². The van der Waals surface area contributed by atoms with Crippen molar-refractivity contribution in [1.29, 1.82) is 0 Å². The van der Waals surface area contributed by atoms with E-state index in [-0.39, 0.29) is 31.3 Å². The van der Waals surface area contributed by atoms with Crippen molar-refractivity contribution >= 4 is 5.91 Å². The smallest absolute Gasteiger partial charge is 0.257 e. The zero-order valence-corrected chi connectivity index (χ0v) is 15.1. The summed E-state index contributed by atoms with van der Waals surface area (Å²) in [6.45, 7) is 3.81. The fraction of sp³-hybridized carbons (Fsp3) is 0.421. The summed E-state index contributed by atoms with van der Waals surface area (Å²) < 4.78 is 14.9. The Bertz CT molecular complexity index is 833. The molecule has 0 aliphatic rings. The SMILES string of the molecule is CCCCNC(=O)Cn1c(-c2cccc(F)c2)nc(C)c(CCO)c1=O. The molecule has 2 rings (SSSR count). The number of hydrogen-bond donors (Lipinski definition) is 2. The van der Waals surface area contributed by atoms with Crippen LogP contribution < -0.4 is 10.9 Å². The van der Waals surface area contributed by atoms with E-state index in [4.69, 9.17) is 0 Å². The summed E-state index contributed by atoms with van der Waals surface area (Å²) in [6.07, 6.45) is 1.94. The number of carbonyl (C=O) groups excluding carboxylic acids is 1. The van der Waals surface area contributed by atoms with Gasteiger partial charge < -0.3 is 10.4 Å². The third kappa shape index (κ3) is 4.76. The van der Waals surface area contributed by atoms with Gasteiger partial charge in [-0.15, -0.1) is 0 Å². The van der Waals surface area contributed by atoms with Crippen LogP contribution in [0.2, 0.25) is 0 Å². The van der Waals surface area contributed by atoms with E-state index in [0.717, 1.165) is 12.8 Å². The molecule has 0 bridgehead atoms. The summed E-state index contributed by atoms with van der Waals surface area (Å²) >= 11 is 0. The number of hydrogen-bond acceptors (Lipinski definition) is 4. The molecule has 0 fully saturated rings. The Hall–Kier alpha value is -2.54. The Kier molecular flexibility index (Phi) is 7.03. The average Bonchev–Trinajstić information content (AvgIpc) is 2.61. The van der Waals surface area contributed by atoms with Crippen LogP contribution in [0.15, 0.2) is 29.1 Å². The predicted octanol–water partition coefficient (Wildman–Crippen LogP) is 1.81. The van der Waals surface area contributed by atoms with E-state index in [2.05, 4.69) is 10.3 Å². The lowest BCUT2D eigenvalue weighted by atomic mass is 10.1. The summed E-state index contributed by atoms with van der Waals surface area (Å²) in [5, 5.41) is 12.0. The van der Waals surface area contributed by atoms with Crippen LogP contribution in [0.25, 0.3) is 11.4 Å². The number of aryl methyl sites for hydroxylation is 1. The number of aromatic nitrogens is 2. The van der Waals surface area contributed by atoms with Crippen LogP contribution in [0, 0.1) is 12.7 Å². The lowest BCUT2D eigenvalue weighted by Crippen LogP contribution is -2.36. The first-order valence-corrected chi connectivity index (χ1v) is 8.71. The molecule has 2 aromatic rings. The van der Waals surface area contributed by atoms with Gasteiger partial charge in [0, 0.05) is 36.4 Å². The number of nitrogens with one attached hydrogen (secondary N) is 1. The molecule has 2 N–H and O–H groups in total. The average molecular weight is 361 g/mol. The van der Waals surface area contributed by atoms with E-state index >= 15 is 0 Å². The minimum atomic E-state index is -0.451. The Balaban J connectivity index is 2.49. The topological polar surface area (TPSA) is 84.2 Å². The normalized spacial score (nSPS) is 10.8. The molecule has 1 aromatic heterocycles. The lowest BCUT2D eigenvalue weighted by molar-refractivity contribution is -0.121. The van der Waals surface area contributed by atoms with Crippen molar-refractivity contribution in [2.75, 3.05) is 13.2 Å². The van der Waals surface area contributed by atoms with E-state index in [1.807, 2.05) is 6.92 Å². The van der Waals surface area contributed by atoms with Crippen LogP contribution in [-0.2, 0) is 17.8 Å². The quantitative estimate of drug-likeness (QED) is 0.703. The third-order valence-corrected chi connectivity index (χ3v) is 4.07. The molecule has 1 aromatic carbocycles. The van der Waals surface area contributed by atoms with Crippen LogP contribution in [0.4, 0.5) is 4.39 Å². The summed E-state index contributed by atoms with van der Waals surface area (Å²) in [6, 6.07) is 5.75. The van der Waals surface area contributed by atoms with Crippen molar-refractivity contribution in [2.24, 2.45) is 0 Å². The molecule has 0 aliphatic heterocycles. The van der Waals surface area contributed by atoms with Gasteiger partial charge in [-0.05, 0) is 25.5 Å². The van der Waals surface area contributed by atoms with E-state index in [1.165, 1.54) is 22.8 Å². The summed E-state index contributed by atoms with van der Waals surface area (Å²) in [5.74, 6) is -0.522. The Morgan fingerprint density at radius 3 is 2.81 bits per heavy atom. The van der Waals surface area contributed by atoms with Crippen LogP contribution >= 0.6 is 0 Å². The van der Waals surface area contributed by atoms with Crippen molar-refractivity contribution in [3.8, 4) is 11.4 Å². The predicted molar refractivity (Wildman–Crippen MR) is 97.3 cm³/mol. The molecule has 140 valence electrons. The number of aliphatic hydroxyl groups excluding tert-OH is 1. The number of aliphatic hydroxyl groups is 1. The van der Waals surface area contributed by atoms with Crippen molar-refractivity contribution in [2.45, 2.75) is 39.7 Å². The molecule has 1 heterocycles. The second-order valence-corrected chi connectivity index (χ2v) is 6.08. The lowest BCUT2D eigenvalue weighted by Gasteiger charge is -2.16. The maximum atomic E-state index is 13.6. The molecule has 0 radical (unpaired) electrons. The Morgan fingerprint density at radius 1 is 1.38 bits per heavy atom. The molecule has 6 nitrogen and oxygen atoms in total. The number of benzene rings is 1. The Morgan fingerprint density at radius 2 is 2.15 bits per heavy atom. The number of unbranched alkanes of at least 4 members (excludes halogenated alkanes) is 1.